The van der Waals surface area contributed by atoms with E-state index in [9.17, 15) is 4.79 Å². The second-order valence-corrected chi connectivity index (χ2v) is 3.59. The molecule has 60 valence electrons. The number of carbonyl (C=O) groups is 1. The Balaban J connectivity index is 2.45. The first-order chi connectivity index (χ1) is 5.18. The summed E-state index contributed by atoms with van der Waals surface area (Å²) in [5, 5.41) is 4.80. The molecule has 0 aliphatic heterocycles. The van der Waals surface area contributed by atoms with E-state index < -0.39 is 0 Å². The number of nitrogens with one attached hydrogen (secondary N) is 1. The fourth-order valence-electron chi connectivity index (χ4n) is 0.817. The van der Waals surface area contributed by atoms with Gasteiger partial charge in [0.1, 0.15) is 0 Å². The van der Waals surface area contributed by atoms with Crippen molar-refractivity contribution >= 4 is 17.2 Å². The predicted octanol–water partition coefficient (Wildman–Crippen LogP) is 1.69. The summed E-state index contributed by atoms with van der Waals surface area (Å²) in [5.74, 6) is 0.0221. The molecule has 0 saturated carbocycles. The zero-order valence-electron chi connectivity index (χ0n) is 6.68. The Labute approximate surface area is 70.2 Å². The lowest BCUT2D eigenvalue weighted by molar-refractivity contribution is -0.119. The van der Waals surface area contributed by atoms with Crippen molar-refractivity contribution in [3.8, 4) is 0 Å². The number of hydrogen-bond acceptors (Lipinski definition) is 2. The molecule has 0 aliphatic rings. The molecule has 1 rings (SSSR count). The van der Waals surface area contributed by atoms with Crippen molar-refractivity contribution in [1.82, 2.24) is 5.32 Å². The van der Waals surface area contributed by atoms with E-state index >= 15 is 0 Å². The molecule has 0 bridgehead atoms. The van der Waals surface area contributed by atoms with E-state index in [1.165, 1.54) is 17.4 Å². The average molecular weight is 169 g/mol. The molecule has 1 heterocycles. The normalized spacial score (nSPS) is 9.64. The van der Waals surface area contributed by atoms with E-state index in [1.807, 2.05) is 0 Å². The molecule has 1 amide bonds. The van der Waals surface area contributed by atoms with E-state index in [-0.39, 0.29) is 5.91 Å². The number of thiophene rings is 1. The SMILES string of the molecule is CC(=O)NCc1csc(C)c1. The van der Waals surface area contributed by atoms with Gasteiger partial charge in [0.05, 0.1) is 0 Å². The summed E-state index contributed by atoms with van der Waals surface area (Å²) in [6.45, 7) is 4.24. The molecular weight excluding hydrogens is 158 g/mol. The van der Waals surface area contributed by atoms with Gasteiger partial charge in [0.15, 0.2) is 0 Å². The lowest BCUT2D eigenvalue weighted by Crippen LogP contribution is -2.18. The van der Waals surface area contributed by atoms with Gasteiger partial charge in [-0.1, -0.05) is 0 Å². The first-order valence-corrected chi connectivity index (χ1v) is 4.35. The minimum Gasteiger partial charge on any atom is -0.352 e. The predicted molar refractivity (Wildman–Crippen MR) is 46.6 cm³/mol. The molecule has 1 aromatic rings. The molecule has 1 N–H and O–H groups in total. The molecular formula is C8H11NOS. The Morgan fingerprint density at radius 2 is 2.45 bits per heavy atom. The number of carbonyl (C=O) groups excluding carboxylic acids is 1. The van der Waals surface area contributed by atoms with Gasteiger partial charge in [-0.25, -0.2) is 0 Å². The first kappa shape index (κ1) is 8.27. The number of rotatable bonds is 2. The second-order valence-electron chi connectivity index (χ2n) is 2.48. The van der Waals surface area contributed by atoms with Gasteiger partial charge >= 0.3 is 0 Å². The highest BCUT2D eigenvalue weighted by Crippen LogP contribution is 2.12. The van der Waals surface area contributed by atoms with E-state index in [0.29, 0.717) is 6.54 Å². The molecule has 0 aromatic carbocycles. The van der Waals surface area contributed by atoms with Crippen LogP contribution in [0.25, 0.3) is 0 Å². The molecule has 0 unspecified atom stereocenters. The summed E-state index contributed by atoms with van der Waals surface area (Å²) in [4.78, 5) is 11.8. The van der Waals surface area contributed by atoms with Gasteiger partial charge in [-0.2, -0.15) is 0 Å². The number of aryl methyl sites for hydroxylation is 1. The Kier molecular flexibility index (Phi) is 2.65. The zero-order chi connectivity index (χ0) is 8.27. The maximum atomic E-state index is 10.5. The molecule has 1 aromatic heterocycles. The highest BCUT2D eigenvalue weighted by atomic mass is 32.1. The molecule has 0 aliphatic carbocycles. The van der Waals surface area contributed by atoms with Gasteiger partial charge in [-0.3, -0.25) is 4.79 Å². The maximum Gasteiger partial charge on any atom is 0.217 e. The van der Waals surface area contributed by atoms with Crippen LogP contribution in [0.5, 0.6) is 0 Å². The van der Waals surface area contributed by atoms with Crippen molar-refractivity contribution in [2.24, 2.45) is 0 Å². The highest BCUT2D eigenvalue weighted by molar-refractivity contribution is 7.10. The van der Waals surface area contributed by atoms with Crippen molar-refractivity contribution in [1.29, 1.82) is 0 Å². The Morgan fingerprint density at radius 3 is 2.91 bits per heavy atom. The summed E-state index contributed by atoms with van der Waals surface area (Å²) < 4.78 is 0. The standard InChI is InChI=1S/C8H11NOS/c1-6-3-8(5-11-6)4-9-7(2)10/h3,5H,4H2,1-2H3,(H,9,10). The third-order valence-corrected chi connectivity index (χ3v) is 2.24. The lowest BCUT2D eigenvalue weighted by atomic mass is 10.3. The molecule has 11 heavy (non-hydrogen) atoms. The molecule has 0 saturated heterocycles. The second kappa shape index (κ2) is 3.53. The van der Waals surface area contributed by atoms with Gasteiger partial charge in [0.25, 0.3) is 0 Å². The van der Waals surface area contributed by atoms with E-state index in [4.69, 9.17) is 0 Å². The van der Waals surface area contributed by atoms with Crippen LogP contribution in [0.2, 0.25) is 0 Å². The van der Waals surface area contributed by atoms with Gasteiger partial charge in [-0.15, -0.1) is 11.3 Å². The number of amides is 1. The summed E-state index contributed by atoms with van der Waals surface area (Å²) in [6.07, 6.45) is 0. The van der Waals surface area contributed by atoms with Gasteiger partial charge in [0.2, 0.25) is 5.91 Å². The van der Waals surface area contributed by atoms with Crippen molar-refractivity contribution in [2.45, 2.75) is 20.4 Å². The Bertz CT molecular complexity index is 254. The molecule has 0 radical (unpaired) electrons. The largest absolute Gasteiger partial charge is 0.352 e. The summed E-state index contributed by atoms with van der Waals surface area (Å²) in [6, 6.07) is 2.08. The van der Waals surface area contributed by atoms with Crippen LogP contribution in [0.4, 0.5) is 0 Å². The van der Waals surface area contributed by atoms with Crippen LogP contribution in [-0.2, 0) is 11.3 Å². The van der Waals surface area contributed by atoms with Crippen LogP contribution in [0.15, 0.2) is 11.4 Å². The topological polar surface area (TPSA) is 29.1 Å². The molecule has 0 fully saturated rings. The van der Waals surface area contributed by atoms with Crippen LogP contribution >= 0.6 is 11.3 Å². The zero-order valence-corrected chi connectivity index (χ0v) is 7.49. The summed E-state index contributed by atoms with van der Waals surface area (Å²) in [7, 11) is 0. The van der Waals surface area contributed by atoms with Crippen molar-refractivity contribution in [2.75, 3.05) is 0 Å². The van der Waals surface area contributed by atoms with Crippen molar-refractivity contribution < 1.29 is 4.79 Å². The Morgan fingerprint density at radius 1 is 1.73 bits per heavy atom. The third-order valence-electron chi connectivity index (χ3n) is 1.33. The summed E-state index contributed by atoms with van der Waals surface area (Å²) >= 11 is 1.70. The average Bonchev–Trinajstić information content (AvgIpc) is 2.31. The highest BCUT2D eigenvalue weighted by Gasteiger charge is 1.95. The first-order valence-electron chi connectivity index (χ1n) is 3.47. The smallest absolute Gasteiger partial charge is 0.217 e. The molecule has 2 nitrogen and oxygen atoms in total. The monoisotopic (exact) mass is 169 g/mol. The fraction of sp³-hybridized carbons (Fsp3) is 0.375. The molecule has 0 atom stereocenters. The van der Waals surface area contributed by atoms with E-state index in [0.717, 1.165) is 0 Å². The van der Waals surface area contributed by atoms with Crippen LogP contribution in [-0.4, -0.2) is 5.91 Å². The minimum absolute atomic E-state index is 0.0221. The van der Waals surface area contributed by atoms with Crippen LogP contribution in [0.3, 0.4) is 0 Å². The fourth-order valence-corrected chi connectivity index (χ4v) is 1.53. The number of hydrogen-bond donors (Lipinski definition) is 1. The van der Waals surface area contributed by atoms with Crippen molar-refractivity contribution in [3.05, 3.63) is 21.9 Å². The Hall–Kier alpha value is -0.830. The van der Waals surface area contributed by atoms with Crippen LogP contribution in [0.1, 0.15) is 17.4 Å². The van der Waals surface area contributed by atoms with E-state index in [1.54, 1.807) is 11.3 Å². The maximum absolute atomic E-state index is 10.5. The summed E-state index contributed by atoms with van der Waals surface area (Å²) in [5.41, 5.74) is 1.18. The van der Waals surface area contributed by atoms with E-state index in [2.05, 4.69) is 23.7 Å². The third kappa shape index (κ3) is 2.72. The van der Waals surface area contributed by atoms with Gasteiger partial charge in [0, 0.05) is 18.3 Å². The van der Waals surface area contributed by atoms with Gasteiger partial charge in [-0.05, 0) is 23.9 Å². The minimum atomic E-state index is 0.0221. The van der Waals surface area contributed by atoms with Crippen LogP contribution in [0, 0.1) is 6.92 Å². The van der Waals surface area contributed by atoms with Gasteiger partial charge < -0.3 is 5.32 Å². The molecule has 3 heteroatoms. The van der Waals surface area contributed by atoms with Crippen LogP contribution < -0.4 is 5.32 Å². The quantitative estimate of drug-likeness (QED) is 0.717. The lowest BCUT2D eigenvalue weighted by Gasteiger charge is -1.96. The van der Waals surface area contributed by atoms with Crippen molar-refractivity contribution in [3.63, 3.8) is 0 Å². The molecule has 0 spiro atoms.